The molecule has 0 radical (unpaired) electrons. The molecule has 3 heteroatoms. The second-order valence-electron chi connectivity index (χ2n) is 7.06. The molecule has 3 nitrogen and oxygen atoms in total. The summed E-state index contributed by atoms with van der Waals surface area (Å²) in [5, 5.41) is 0. The minimum Gasteiger partial charge on any atom is -0.329 e. The van der Waals surface area contributed by atoms with Crippen molar-refractivity contribution in [2.45, 2.75) is 50.7 Å². The summed E-state index contributed by atoms with van der Waals surface area (Å²) in [4.78, 5) is 5.20. The van der Waals surface area contributed by atoms with Gasteiger partial charge < -0.3 is 10.6 Å². The van der Waals surface area contributed by atoms with Crippen LogP contribution in [-0.4, -0.2) is 48.1 Å². The maximum atomic E-state index is 6.24. The molecule has 2 fully saturated rings. The SMILES string of the molecule is Cc1ccc(CN(C)C2(CN)CCN3CCCC3C2)cc1. The van der Waals surface area contributed by atoms with E-state index in [0.717, 1.165) is 19.1 Å². The highest BCUT2D eigenvalue weighted by atomic mass is 15.3. The molecular weight excluding hydrogens is 258 g/mol. The Hall–Kier alpha value is -0.900. The number of piperidine rings is 1. The zero-order valence-electron chi connectivity index (χ0n) is 13.5. The number of hydrogen-bond acceptors (Lipinski definition) is 3. The van der Waals surface area contributed by atoms with E-state index in [1.807, 2.05) is 0 Å². The third-order valence-corrected chi connectivity index (χ3v) is 5.71. The Balaban J connectivity index is 1.71. The van der Waals surface area contributed by atoms with Crippen LogP contribution in [0.25, 0.3) is 0 Å². The lowest BCUT2D eigenvalue weighted by atomic mass is 9.81. The van der Waals surface area contributed by atoms with Gasteiger partial charge in [-0.25, -0.2) is 0 Å². The van der Waals surface area contributed by atoms with Gasteiger partial charge in [-0.15, -0.1) is 0 Å². The minimum atomic E-state index is 0.191. The lowest BCUT2D eigenvalue weighted by molar-refractivity contribution is 0.0220. The van der Waals surface area contributed by atoms with Crippen LogP contribution in [0.5, 0.6) is 0 Å². The average molecular weight is 287 g/mol. The highest BCUT2D eigenvalue weighted by Gasteiger charge is 2.42. The summed E-state index contributed by atoms with van der Waals surface area (Å²) >= 11 is 0. The Morgan fingerprint density at radius 1 is 1.29 bits per heavy atom. The van der Waals surface area contributed by atoms with E-state index in [4.69, 9.17) is 5.73 Å². The Kier molecular flexibility index (Phi) is 4.34. The minimum absolute atomic E-state index is 0.191. The Morgan fingerprint density at radius 3 is 2.76 bits per heavy atom. The van der Waals surface area contributed by atoms with E-state index >= 15 is 0 Å². The van der Waals surface area contributed by atoms with Crippen molar-refractivity contribution in [3.05, 3.63) is 35.4 Å². The molecule has 116 valence electrons. The summed E-state index contributed by atoms with van der Waals surface area (Å²) < 4.78 is 0. The molecule has 2 unspecified atom stereocenters. The van der Waals surface area contributed by atoms with Gasteiger partial charge >= 0.3 is 0 Å². The fraction of sp³-hybridized carbons (Fsp3) is 0.667. The monoisotopic (exact) mass is 287 g/mol. The van der Waals surface area contributed by atoms with Gasteiger partial charge in [0.05, 0.1) is 0 Å². The van der Waals surface area contributed by atoms with E-state index in [1.54, 1.807) is 0 Å². The summed E-state index contributed by atoms with van der Waals surface area (Å²) in [6.45, 7) is 6.45. The van der Waals surface area contributed by atoms with E-state index in [-0.39, 0.29) is 5.54 Å². The molecule has 1 aromatic carbocycles. The predicted octanol–water partition coefficient (Wildman–Crippen LogP) is 2.38. The molecule has 1 aromatic rings. The van der Waals surface area contributed by atoms with Crippen molar-refractivity contribution in [1.29, 1.82) is 0 Å². The highest BCUT2D eigenvalue weighted by Crippen LogP contribution is 2.36. The van der Waals surface area contributed by atoms with Crippen LogP contribution in [0, 0.1) is 6.92 Å². The van der Waals surface area contributed by atoms with Crippen LogP contribution in [0.4, 0.5) is 0 Å². The number of rotatable bonds is 4. The van der Waals surface area contributed by atoms with Gasteiger partial charge in [0.1, 0.15) is 0 Å². The van der Waals surface area contributed by atoms with Crippen LogP contribution in [0.2, 0.25) is 0 Å². The molecule has 0 aromatic heterocycles. The summed E-state index contributed by atoms with van der Waals surface area (Å²) in [6.07, 6.45) is 5.18. The molecule has 2 N–H and O–H groups in total. The first-order valence-electron chi connectivity index (χ1n) is 8.34. The number of fused-ring (bicyclic) bond motifs is 1. The smallest absolute Gasteiger partial charge is 0.0359 e. The standard InChI is InChI=1S/C18H29N3/c1-15-5-7-16(8-6-15)13-20(2)18(14-19)9-11-21-10-3-4-17(21)12-18/h5-8,17H,3-4,9-14,19H2,1-2H3. The molecule has 2 heterocycles. The van der Waals surface area contributed by atoms with Crippen LogP contribution in [0.15, 0.2) is 24.3 Å². The van der Waals surface area contributed by atoms with Gasteiger partial charge in [0.2, 0.25) is 0 Å². The summed E-state index contributed by atoms with van der Waals surface area (Å²) in [5.74, 6) is 0. The molecule has 0 saturated carbocycles. The first kappa shape index (κ1) is 15.0. The van der Waals surface area contributed by atoms with Gasteiger partial charge in [0, 0.05) is 31.2 Å². The maximum absolute atomic E-state index is 6.24. The molecule has 2 aliphatic heterocycles. The van der Waals surface area contributed by atoms with E-state index < -0.39 is 0 Å². The molecular formula is C18H29N3. The number of benzene rings is 1. The van der Waals surface area contributed by atoms with Crippen molar-refractivity contribution in [3.63, 3.8) is 0 Å². The summed E-state index contributed by atoms with van der Waals surface area (Å²) in [5.41, 5.74) is 9.15. The van der Waals surface area contributed by atoms with Gasteiger partial charge in [0.25, 0.3) is 0 Å². The number of nitrogens with zero attached hydrogens (tertiary/aromatic N) is 2. The van der Waals surface area contributed by atoms with Crippen LogP contribution >= 0.6 is 0 Å². The number of hydrogen-bond donors (Lipinski definition) is 1. The second kappa shape index (κ2) is 6.07. The molecule has 0 spiro atoms. The van der Waals surface area contributed by atoms with E-state index in [1.165, 1.54) is 49.9 Å². The Bertz CT molecular complexity index is 470. The van der Waals surface area contributed by atoms with Crippen molar-refractivity contribution in [2.75, 3.05) is 26.7 Å². The largest absolute Gasteiger partial charge is 0.329 e. The topological polar surface area (TPSA) is 32.5 Å². The Labute approximate surface area is 129 Å². The summed E-state index contributed by atoms with van der Waals surface area (Å²) in [6, 6.07) is 9.68. The van der Waals surface area contributed by atoms with Crippen LogP contribution in [0.1, 0.15) is 36.8 Å². The van der Waals surface area contributed by atoms with Gasteiger partial charge in [-0.2, -0.15) is 0 Å². The molecule has 2 atom stereocenters. The third kappa shape index (κ3) is 3.01. The summed E-state index contributed by atoms with van der Waals surface area (Å²) in [7, 11) is 2.26. The predicted molar refractivity (Wildman–Crippen MR) is 88.3 cm³/mol. The number of likely N-dealkylation sites (N-methyl/N-ethyl adjacent to an activating group) is 1. The van der Waals surface area contributed by atoms with Crippen LogP contribution in [0.3, 0.4) is 0 Å². The molecule has 3 rings (SSSR count). The Morgan fingerprint density at radius 2 is 2.05 bits per heavy atom. The van der Waals surface area contributed by atoms with Crippen LogP contribution in [-0.2, 0) is 6.54 Å². The molecule has 2 aliphatic rings. The van der Waals surface area contributed by atoms with E-state index in [0.29, 0.717) is 0 Å². The highest BCUT2D eigenvalue weighted by molar-refractivity contribution is 5.21. The van der Waals surface area contributed by atoms with Crippen molar-refractivity contribution in [1.82, 2.24) is 9.80 Å². The van der Waals surface area contributed by atoms with Gasteiger partial charge in [0.15, 0.2) is 0 Å². The van der Waals surface area contributed by atoms with Gasteiger partial charge in [-0.3, -0.25) is 4.90 Å². The zero-order valence-corrected chi connectivity index (χ0v) is 13.5. The molecule has 0 aliphatic carbocycles. The van der Waals surface area contributed by atoms with Crippen molar-refractivity contribution < 1.29 is 0 Å². The second-order valence-corrected chi connectivity index (χ2v) is 7.06. The van der Waals surface area contributed by atoms with E-state index in [2.05, 4.69) is 48.0 Å². The lowest BCUT2D eigenvalue weighted by Crippen LogP contribution is -2.59. The normalized spacial score (nSPS) is 29.8. The third-order valence-electron chi connectivity index (χ3n) is 5.71. The number of aryl methyl sites for hydroxylation is 1. The zero-order chi connectivity index (χ0) is 14.9. The van der Waals surface area contributed by atoms with Crippen molar-refractivity contribution >= 4 is 0 Å². The molecule has 21 heavy (non-hydrogen) atoms. The molecule has 0 bridgehead atoms. The van der Waals surface area contributed by atoms with E-state index in [9.17, 15) is 0 Å². The lowest BCUT2D eigenvalue weighted by Gasteiger charge is -2.49. The van der Waals surface area contributed by atoms with Gasteiger partial charge in [-0.1, -0.05) is 29.8 Å². The fourth-order valence-corrected chi connectivity index (χ4v) is 4.14. The fourth-order valence-electron chi connectivity index (χ4n) is 4.14. The molecule has 2 saturated heterocycles. The van der Waals surface area contributed by atoms with Crippen LogP contribution < -0.4 is 5.73 Å². The van der Waals surface area contributed by atoms with Gasteiger partial charge in [-0.05, 0) is 51.8 Å². The molecule has 0 amide bonds. The maximum Gasteiger partial charge on any atom is 0.0359 e. The van der Waals surface area contributed by atoms with Crippen molar-refractivity contribution in [2.24, 2.45) is 5.73 Å². The first-order chi connectivity index (χ1) is 10.1. The van der Waals surface area contributed by atoms with Crippen molar-refractivity contribution in [3.8, 4) is 0 Å². The quantitative estimate of drug-likeness (QED) is 0.923. The number of nitrogens with two attached hydrogens (primary N) is 1. The first-order valence-corrected chi connectivity index (χ1v) is 8.34. The average Bonchev–Trinajstić information content (AvgIpc) is 2.96.